The van der Waals surface area contributed by atoms with Crippen molar-refractivity contribution < 1.29 is 0 Å². The summed E-state index contributed by atoms with van der Waals surface area (Å²) in [5, 5.41) is 7.22. The second-order valence-electron chi connectivity index (χ2n) is 6.01. The van der Waals surface area contributed by atoms with E-state index >= 15 is 0 Å². The number of aryl methyl sites for hydroxylation is 1. The van der Waals surface area contributed by atoms with E-state index in [1.165, 1.54) is 50.0 Å². The molecule has 1 aromatic rings. The summed E-state index contributed by atoms with van der Waals surface area (Å²) in [6.07, 6.45) is 6.60. The zero-order valence-corrected chi connectivity index (χ0v) is 11.3. The van der Waals surface area contributed by atoms with E-state index in [4.69, 9.17) is 0 Å². The number of para-hydroxylation sites is 1. The first-order chi connectivity index (χ1) is 8.81. The average molecular weight is 244 g/mol. The first-order valence-electron chi connectivity index (χ1n) is 7.36. The Labute approximate surface area is 110 Å². The summed E-state index contributed by atoms with van der Waals surface area (Å²) in [4.78, 5) is 0. The fraction of sp³-hybridized carbons (Fsp3) is 0.625. The number of benzene rings is 1. The van der Waals surface area contributed by atoms with E-state index in [2.05, 4.69) is 41.8 Å². The summed E-state index contributed by atoms with van der Waals surface area (Å²) in [6.45, 7) is 4.67. The van der Waals surface area contributed by atoms with Gasteiger partial charge in [0, 0.05) is 11.7 Å². The average Bonchev–Trinajstić information content (AvgIpc) is 2.39. The molecule has 1 aliphatic carbocycles. The number of hydrogen-bond donors (Lipinski definition) is 2. The van der Waals surface area contributed by atoms with Gasteiger partial charge < -0.3 is 10.6 Å². The maximum absolute atomic E-state index is 3.75. The molecule has 2 aliphatic rings. The third-order valence-corrected chi connectivity index (χ3v) is 4.78. The Morgan fingerprint density at radius 2 is 1.94 bits per heavy atom. The molecule has 1 saturated heterocycles. The van der Waals surface area contributed by atoms with Gasteiger partial charge in [0.1, 0.15) is 0 Å². The normalized spacial score (nSPS) is 22.7. The number of anilines is 1. The summed E-state index contributed by atoms with van der Waals surface area (Å²) < 4.78 is 0. The Hall–Kier alpha value is -1.02. The number of nitrogens with one attached hydrogen (secondary N) is 2. The highest BCUT2D eigenvalue weighted by atomic mass is 15.0. The molecule has 18 heavy (non-hydrogen) atoms. The molecule has 1 spiro atoms. The highest BCUT2D eigenvalue weighted by molar-refractivity contribution is 5.52. The molecule has 2 heteroatoms. The van der Waals surface area contributed by atoms with Crippen molar-refractivity contribution in [2.45, 2.75) is 45.1 Å². The number of hydrogen-bond acceptors (Lipinski definition) is 2. The lowest BCUT2D eigenvalue weighted by molar-refractivity contribution is 0.0718. The Morgan fingerprint density at radius 3 is 2.67 bits per heavy atom. The molecule has 1 aliphatic heterocycles. The van der Waals surface area contributed by atoms with E-state index in [1.807, 2.05) is 0 Å². The zero-order valence-electron chi connectivity index (χ0n) is 11.3. The first-order valence-corrected chi connectivity index (χ1v) is 7.36. The predicted molar refractivity (Wildman–Crippen MR) is 77.0 cm³/mol. The number of piperidine rings is 1. The standard InChI is InChI=1S/C16H24N2/c1-2-13-5-3-4-6-15(13)18-14-11-16(12-14)7-9-17-10-8-16/h3-6,14,17-18H,2,7-12H2,1H3. The highest BCUT2D eigenvalue weighted by Crippen LogP contribution is 2.48. The summed E-state index contributed by atoms with van der Waals surface area (Å²) in [5.74, 6) is 0. The van der Waals surface area contributed by atoms with Gasteiger partial charge in [-0.1, -0.05) is 25.1 Å². The molecule has 0 aromatic heterocycles. The third kappa shape index (κ3) is 2.26. The zero-order chi connectivity index (χ0) is 12.4. The topological polar surface area (TPSA) is 24.1 Å². The lowest BCUT2D eigenvalue weighted by Gasteiger charge is -2.51. The predicted octanol–water partition coefficient (Wildman–Crippen LogP) is 3.19. The molecule has 1 heterocycles. The van der Waals surface area contributed by atoms with Crippen molar-refractivity contribution in [1.29, 1.82) is 0 Å². The molecule has 0 unspecified atom stereocenters. The van der Waals surface area contributed by atoms with Gasteiger partial charge in [-0.15, -0.1) is 0 Å². The van der Waals surface area contributed by atoms with Crippen molar-refractivity contribution in [3.63, 3.8) is 0 Å². The van der Waals surface area contributed by atoms with Crippen LogP contribution in [0.2, 0.25) is 0 Å². The van der Waals surface area contributed by atoms with Crippen LogP contribution >= 0.6 is 0 Å². The third-order valence-electron chi connectivity index (χ3n) is 4.78. The van der Waals surface area contributed by atoms with E-state index in [0.29, 0.717) is 11.5 Å². The van der Waals surface area contributed by atoms with Gasteiger partial charge in [0.2, 0.25) is 0 Å². The van der Waals surface area contributed by atoms with Gasteiger partial charge in [-0.05, 0) is 62.2 Å². The quantitative estimate of drug-likeness (QED) is 0.853. The highest BCUT2D eigenvalue weighted by Gasteiger charge is 2.44. The molecular formula is C16H24N2. The molecule has 0 radical (unpaired) electrons. The van der Waals surface area contributed by atoms with Gasteiger partial charge in [-0.2, -0.15) is 0 Å². The molecule has 2 N–H and O–H groups in total. The van der Waals surface area contributed by atoms with Crippen LogP contribution < -0.4 is 10.6 Å². The van der Waals surface area contributed by atoms with Crippen molar-refractivity contribution in [3.05, 3.63) is 29.8 Å². The van der Waals surface area contributed by atoms with Crippen molar-refractivity contribution in [2.24, 2.45) is 5.41 Å². The van der Waals surface area contributed by atoms with E-state index in [1.54, 1.807) is 0 Å². The molecule has 1 saturated carbocycles. The van der Waals surface area contributed by atoms with Crippen LogP contribution in [0.3, 0.4) is 0 Å². The fourth-order valence-corrected chi connectivity index (χ4v) is 3.64. The second-order valence-corrected chi connectivity index (χ2v) is 6.01. The Balaban J connectivity index is 1.59. The van der Waals surface area contributed by atoms with Gasteiger partial charge in [-0.25, -0.2) is 0 Å². The minimum absolute atomic E-state index is 0.671. The van der Waals surface area contributed by atoms with E-state index in [-0.39, 0.29) is 0 Å². The van der Waals surface area contributed by atoms with Crippen LogP contribution in [0, 0.1) is 5.41 Å². The molecule has 2 nitrogen and oxygen atoms in total. The van der Waals surface area contributed by atoms with Gasteiger partial charge in [-0.3, -0.25) is 0 Å². The van der Waals surface area contributed by atoms with Gasteiger partial charge in [0.25, 0.3) is 0 Å². The van der Waals surface area contributed by atoms with E-state index in [0.717, 1.165) is 6.42 Å². The lowest BCUT2D eigenvalue weighted by atomic mass is 9.60. The summed E-state index contributed by atoms with van der Waals surface area (Å²) in [6, 6.07) is 9.45. The Morgan fingerprint density at radius 1 is 1.22 bits per heavy atom. The molecule has 3 rings (SSSR count). The van der Waals surface area contributed by atoms with Crippen LogP contribution in [0.25, 0.3) is 0 Å². The van der Waals surface area contributed by atoms with Crippen LogP contribution in [-0.2, 0) is 6.42 Å². The molecule has 0 bridgehead atoms. The molecule has 1 aromatic carbocycles. The first kappa shape index (κ1) is 12.0. The van der Waals surface area contributed by atoms with Crippen molar-refractivity contribution >= 4 is 5.69 Å². The maximum atomic E-state index is 3.75. The maximum Gasteiger partial charge on any atom is 0.0374 e. The Bertz CT molecular complexity index is 399. The van der Waals surface area contributed by atoms with Gasteiger partial charge >= 0.3 is 0 Å². The molecule has 98 valence electrons. The minimum Gasteiger partial charge on any atom is -0.382 e. The summed E-state index contributed by atoms with van der Waals surface area (Å²) >= 11 is 0. The van der Waals surface area contributed by atoms with Crippen LogP contribution in [-0.4, -0.2) is 19.1 Å². The summed E-state index contributed by atoms with van der Waals surface area (Å²) in [7, 11) is 0. The van der Waals surface area contributed by atoms with Crippen molar-refractivity contribution in [3.8, 4) is 0 Å². The van der Waals surface area contributed by atoms with Gasteiger partial charge in [0.15, 0.2) is 0 Å². The smallest absolute Gasteiger partial charge is 0.0374 e. The molecule has 0 atom stereocenters. The molecule has 0 amide bonds. The molecular weight excluding hydrogens is 220 g/mol. The Kier molecular flexibility index (Phi) is 3.29. The van der Waals surface area contributed by atoms with Crippen LogP contribution in [0.1, 0.15) is 38.2 Å². The summed E-state index contributed by atoms with van der Waals surface area (Å²) in [5.41, 5.74) is 3.47. The lowest BCUT2D eigenvalue weighted by Crippen LogP contribution is -2.50. The van der Waals surface area contributed by atoms with Crippen molar-refractivity contribution in [1.82, 2.24) is 5.32 Å². The van der Waals surface area contributed by atoms with Crippen LogP contribution in [0.15, 0.2) is 24.3 Å². The van der Waals surface area contributed by atoms with Crippen molar-refractivity contribution in [2.75, 3.05) is 18.4 Å². The largest absolute Gasteiger partial charge is 0.382 e. The SMILES string of the molecule is CCc1ccccc1NC1CC2(CCNCC2)C1. The van der Waals surface area contributed by atoms with Crippen LogP contribution in [0.4, 0.5) is 5.69 Å². The monoisotopic (exact) mass is 244 g/mol. The second kappa shape index (κ2) is 4.93. The van der Waals surface area contributed by atoms with Gasteiger partial charge in [0.05, 0.1) is 0 Å². The fourth-order valence-electron chi connectivity index (χ4n) is 3.64. The van der Waals surface area contributed by atoms with E-state index < -0.39 is 0 Å². The van der Waals surface area contributed by atoms with E-state index in [9.17, 15) is 0 Å². The van der Waals surface area contributed by atoms with Crippen LogP contribution in [0.5, 0.6) is 0 Å². The minimum atomic E-state index is 0.671. The number of rotatable bonds is 3. The molecule has 2 fully saturated rings.